The molecule has 0 saturated carbocycles. The molecule has 2 amide bonds. The minimum Gasteiger partial charge on any atom is -0.346 e. The maximum atomic E-state index is 12.0. The predicted octanol–water partition coefficient (Wildman–Crippen LogP) is -0.835. The Hall–Kier alpha value is -2.10. The monoisotopic (exact) mass is 293 g/mol. The van der Waals surface area contributed by atoms with E-state index in [4.69, 9.17) is 16.9 Å². The SMILES string of the molecule is N#Cc1ccc(Cl)cc1NC(=O)C[NH+]1CCNC(=O)C1. The van der Waals surface area contributed by atoms with Crippen molar-refractivity contribution in [2.24, 2.45) is 0 Å². The fourth-order valence-corrected chi connectivity index (χ4v) is 2.22. The van der Waals surface area contributed by atoms with E-state index in [1.807, 2.05) is 6.07 Å². The lowest BCUT2D eigenvalue weighted by Gasteiger charge is -2.23. The summed E-state index contributed by atoms with van der Waals surface area (Å²) >= 11 is 5.85. The first kappa shape index (κ1) is 14.3. The Morgan fingerprint density at radius 1 is 1.55 bits per heavy atom. The highest BCUT2D eigenvalue weighted by Gasteiger charge is 2.22. The van der Waals surface area contributed by atoms with Crippen LogP contribution in [0.5, 0.6) is 0 Å². The molecule has 20 heavy (non-hydrogen) atoms. The van der Waals surface area contributed by atoms with Crippen LogP contribution in [-0.4, -0.2) is 38.0 Å². The first-order valence-corrected chi connectivity index (χ1v) is 6.56. The van der Waals surface area contributed by atoms with Gasteiger partial charge in [-0.05, 0) is 18.2 Å². The van der Waals surface area contributed by atoms with Crippen molar-refractivity contribution in [3.63, 3.8) is 0 Å². The highest BCUT2D eigenvalue weighted by Crippen LogP contribution is 2.20. The van der Waals surface area contributed by atoms with Crippen molar-refractivity contribution in [3.8, 4) is 6.07 Å². The molecule has 7 heteroatoms. The van der Waals surface area contributed by atoms with E-state index >= 15 is 0 Å². The Morgan fingerprint density at radius 3 is 3.05 bits per heavy atom. The zero-order valence-electron chi connectivity index (χ0n) is 10.7. The van der Waals surface area contributed by atoms with E-state index in [-0.39, 0.29) is 24.9 Å². The minimum atomic E-state index is -0.242. The topological polar surface area (TPSA) is 86.4 Å². The van der Waals surface area contributed by atoms with Crippen molar-refractivity contribution in [2.45, 2.75) is 0 Å². The van der Waals surface area contributed by atoms with Gasteiger partial charge in [-0.15, -0.1) is 0 Å². The number of anilines is 1. The number of nitriles is 1. The van der Waals surface area contributed by atoms with Crippen LogP contribution in [0.15, 0.2) is 18.2 Å². The molecule has 0 bridgehead atoms. The van der Waals surface area contributed by atoms with Gasteiger partial charge < -0.3 is 15.5 Å². The van der Waals surface area contributed by atoms with Crippen molar-refractivity contribution in [3.05, 3.63) is 28.8 Å². The molecule has 1 aromatic carbocycles. The molecular weight excluding hydrogens is 280 g/mol. The molecule has 0 aliphatic carbocycles. The number of amides is 2. The summed E-state index contributed by atoms with van der Waals surface area (Å²) in [6.45, 7) is 1.75. The second kappa shape index (κ2) is 6.37. The van der Waals surface area contributed by atoms with Crippen molar-refractivity contribution >= 4 is 29.1 Å². The van der Waals surface area contributed by atoms with E-state index in [0.717, 1.165) is 4.90 Å². The van der Waals surface area contributed by atoms with Gasteiger partial charge in [-0.2, -0.15) is 5.26 Å². The lowest BCUT2D eigenvalue weighted by Crippen LogP contribution is -3.16. The zero-order valence-corrected chi connectivity index (χ0v) is 11.5. The normalized spacial score (nSPS) is 18.0. The Labute approximate surface area is 121 Å². The summed E-state index contributed by atoms with van der Waals surface area (Å²) in [7, 11) is 0. The van der Waals surface area contributed by atoms with Gasteiger partial charge in [-0.3, -0.25) is 9.59 Å². The molecule has 6 nitrogen and oxygen atoms in total. The third-order valence-corrected chi connectivity index (χ3v) is 3.23. The molecule has 0 radical (unpaired) electrons. The summed E-state index contributed by atoms with van der Waals surface area (Å²) in [6, 6.07) is 6.68. The Bertz CT molecular complexity index is 582. The number of benzene rings is 1. The molecule has 1 aromatic rings. The van der Waals surface area contributed by atoms with Crippen LogP contribution in [0.1, 0.15) is 5.56 Å². The molecular formula is C13H14ClN4O2+. The fraction of sp³-hybridized carbons (Fsp3) is 0.308. The van der Waals surface area contributed by atoms with Gasteiger partial charge in [0.2, 0.25) is 0 Å². The van der Waals surface area contributed by atoms with Crippen LogP contribution in [0, 0.1) is 11.3 Å². The second-order valence-electron chi connectivity index (χ2n) is 4.55. The average molecular weight is 294 g/mol. The highest BCUT2D eigenvalue weighted by atomic mass is 35.5. The Morgan fingerprint density at radius 2 is 2.35 bits per heavy atom. The second-order valence-corrected chi connectivity index (χ2v) is 4.99. The number of nitrogens with zero attached hydrogens (tertiary/aromatic N) is 1. The van der Waals surface area contributed by atoms with Crippen LogP contribution < -0.4 is 15.5 Å². The lowest BCUT2D eigenvalue weighted by molar-refractivity contribution is -0.885. The van der Waals surface area contributed by atoms with Gasteiger partial charge in [-0.25, -0.2) is 0 Å². The van der Waals surface area contributed by atoms with Gasteiger partial charge in [0.25, 0.3) is 11.8 Å². The smallest absolute Gasteiger partial charge is 0.279 e. The van der Waals surface area contributed by atoms with E-state index in [2.05, 4.69) is 10.6 Å². The van der Waals surface area contributed by atoms with E-state index in [1.54, 1.807) is 12.1 Å². The molecule has 3 N–H and O–H groups in total. The quantitative estimate of drug-likeness (QED) is 0.679. The summed E-state index contributed by atoms with van der Waals surface area (Å²) in [5, 5.41) is 14.8. The molecule has 0 spiro atoms. The molecule has 1 aliphatic rings. The van der Waals surface area contributed by atoms with Gasteiger partial charge >= 0.3 is 0 Å². The summed E-state index contributed by atoms with van der Waals surface area (Å²) in [5.41, 5.74) is 0.750. The number of piperazine rings is 1. The van der Waals surface area contributed by atoms with Crippen LogP contribution in [0.3, 0.4) is 0 Å². The molecule has 1 heterocycles. The van der Waals surface area contributed by atoms with Gasteiger partial charge in [0.15, 0.2) is 13.1 Å². The number of hydrogen-bond acceptors (Lipinski definition) is 3. The van der Waals surface area contributed by atoms with Gasteiger partial charge in [0.05, 0.1) is 24.3 Å². The molecule has 1 fully saturated rings. The summed E-state index contributed by atoms with van der Waals surface area (Å²) < 4.78 is 0. The molecule has 0 aromatic heterocycles. The number of carbonyl (C=O) groups excluding carboxylic acids is 2. The van der Waals surface area contributed by atoms with Gasteiger partial charge in [0, 0.05) is 5.02 Å². The molecule has 1 saturated heterocycles. The summed E-state index contributed by atoms with van der Waals surface area (Å²) in [6.07, 6.45) is 0. The van der Waals surface area contributed by atoms with Crippen molar-refractivity contribution < 1.29 is 14.5 Å². The Kier molecular flexibility index (Phi) is 4.56. The number of quaternary nitrogens is 1. The average Bonchev–Trinajstić information content (AvgIpc) is 2.38. The van der Waals surface area contributed by atoms with Crippen LogP contribution >= 0.6 is 11.6 Å². The van der Waals surface area contributed by atoms with E-state index in [1.165, 1.54) is 6.07 Å². The van der Waals surface area contributed by atoms with Gasteiger partial charge in [-0.1, -0.05) is 11.6 Å². The maximum Gasteiger partial charge on any atom is 0.279 e. The number of hydrogen-bond donors (Lipinski definition) is 3. The number of rotatable bonds is 3. The minimum absolute atomic E-state index is 0.0560. The van der Waals surface area contributed by atoms with Crippen molar-refractivity contribution in [2.75, 3.05) is 31.5 Å². The summed E-state index contributed by atoms with van der Waals surface area (Å²) in [4.78, 5) is 24.1. The molecule has 1 atom stereocenters. The molecule has 1 unspecified atom stereocenters. The summed E-state index contributed by atoms with van der Waals surface area (Å²) in [5.74, 6) is -0.298. The maximum absolute atomic E-state index is 12.0. The fourth-order valence-electron chi connectivity index (χ4n) is 2.05. The Balaban J connectivity index is 1.99. The van der Waals surface area contributed by atoms with Crippen molar-refractivity contribution in [1.82, 2.24) is 5.32 Å². The van der Waals surface area contributed by atoms with Crippen molar-refractivity contribution in [1.29, 1.82) is 5.26 Å². The van der Waals surface area contributed by atoms with E-state index < -0.39 is 0 Å². The third kappa shape index (κ3) is 3.70. The molecule has 2 rings (SSSR count). The number of halogens is 1. The first-order chi connectivity index (χ1) is 9.58. The zero-order chi connectivity index (χ0) is 14.5. The van der Waals surface area contributed by atoms with Crippen LogP contribution in [-0.2, 0) is 9.59 Å². The standard InChI is InChI=1S/C13H13ClN4O2/c14-10-2-1-9(6-15)11(5-10)17-13(20)8-18-4-3-16-12(19)7-18/h1-2,5H,3-4,7-8H2,(H,16,19)(H,17,20)/p+1. The van der Waals surface area contributed by atoms with Gasteiger partial charge in [0.1, 0.15) is 6.07 Å². The number of carbonyl (C=O) groups is 2. The predicted molar refractivity (Wildman–Crippen MR) is 73.4 cm³/mol. The first-order valence-electron chi connectivity index (χ1n) is 6.18. The largest absolute Gasteiger partial charge is 0.346 e. The van der Waals surface area contributed by atoms with Crippen LogP contribution in [0.25, 0.3) is 0 Å². The molecule has 104 valence electrons. The van der Waals surface area contributed by atoms with E-state index in [0.29, 0.717) is 29.4 Å². The van der Waals surface area contributed by atoms with Crippen LogP contribution in [0.4, 0.5) is 5.69 Å². The molecule has 1 aliphatic heterocycles. The third-order valence-electron chi connectivity index (χ3n) is 3.00. The van der Waals surface area contributed by atoms with E-state index in [9.17, 15) is 9.59 Å². The highest BCUT2D eigenvalue weighted by molar-refractivity contribution is 6.31. The number of nitrogens with one attached hydrogen (secondary N) is 3. The van der Waals surface area contributed by atoms with Crippen LogP contribution in [0.2, 0.25) is 5.02 Å². The lowest BCUT2D eigenvalue weighted by atomic mass is 10.2.